The zero-order chi connectivity index (χ0) is 14.0. The predicted molar refractivity (Wildman–Crippen MR) is 82.8 cm³/mol. The van der Waals surface area contributed by atoms with E-state index in [1.807, 2.05) is 0 Å². The molecule has 0 fully saturated rings. The minimum absolute atomic E-state index is 0.126. The molecule has 2 aromatic rings. The molecular formula is C11H8ClIN4O2. The average Bonchev–Trinajstić information content (AvgIpc) is 2.32. The van der Waals surface area contributed by atoms with Crippen molar-refractivity contribution < 1.29 is 4.92 Å². The molecule has 0 aliphatic carbocycles. The van der Waals surface area contributed by atoms with E-state index in [0.29, 0.717) is 10.8 Å². The molecule has 0 radical (unpaired) electrons. The summed E-state index contributed by atoms with van der Waals surface area (Å²) < 4.78 is 0.906. The second kappa shape index (κ2) is 5.57. The van der Waals surface area contributed by atoms with Gasteiger partial charge in [-0.15, -0.1) is 0 Å². The second-order valence-electron chi connectivity index (χ2n) is 3.61. The van der Waals surface area contributed by atoms with Crippen molar-refractivity contribution in [3.8, 4) is 0 Å². The number of nitro groups is 1. The third-order valence-electron chi connectivity index (χ3n) is 2.29. The highest BCUT2D eigenvalue weighted by Gasteiger charge is 2.13. The Labute approximate surface area is 127 Å². The number of benzene rings is 1. The maximum Gasteiger partial charge on any atom is 0.311 e. The van der Waals surface area contributed by atoms with Crippen LogP contribution in [-0.4, -0.2) is 9.91 Å². The Hall–Kier alpha value is -1.61. The van der Waals surface area contributed by atoms with E-state index in [9.17, 15) is 10.1 Å². The van der Waals surface area contributed by atoms with Crippen molar-refractivity contribution in [2.24, 2.45) is 0 Å². The first-order valence-electron chi connectivity index (χ1n) is 5.10. The van der Waals surface area contributed by atoms with Gasteiger partial charge in [0.25, 0.3) is 0 Å². The van der Waals surface area contributed by atoms with Crippen LogP contribution in [0.2, 0.25) is 5.02 Å². The fraction of sp³-hybridized carbons (Fsp3) is 0. The van der Waals surface area contributed by atoms with Crippen molar-refractivity contribution in [3.63, 3.8) is 0 Å². The second-order valence-corrected chi connectivity index (χ2v) is 5.21. The van der Waals surface area contributed by atoms with E-state index in [-0.39, 0.29) is 11.5 Å². The highest BCUT2D eigenvalue weighted by atomic mass is 127. The van der Waals surface area contributed by atoms with E-state index in [1.54, 1.807) is 18.2 Å². The fourth-order valence-electron chi connectivity index (χ4n) is 1.42. The van der Waals surface area contributed by atoms with Crippen molar-refractivity contribution in [3.05, 3.63) is 49.0 Å². The molecule has 19 heavy (non-hydrogen) atoms. The van der Waals surface area contributed by atoms with Gasteiger partial charge in [0.2, 0.25) is 5.82 Å². The summed E-state index contributed by atoms with van der Waals surface area (Å²) in [6.45, 7) is 0. The van der Waals surface area contributed by atoms with Crippen LogP contribution >= 0.6 is 34.2 Å². The van der Waals surface area contributed by atoms with Crippen LogP contribution in [0.15, 0.2) is 30.3 Å². The van der Waals surface area contributed by atoms with E-state index in [2.05, 4.69) is 32.9 Å². The van der Waals surface area contributed by atoms with Crippen molar-refractivity contribution in [2.45, 2.75) is 0 Å². The summed E-state index contributed by atoms with van der Waals surface area (Å²) in [4.78, 5) is 14.0. The van der Waals surface area contributed by atoms with Gasteiger partial charge in [0.15, 0.2) is 0 Å². The summed E-state index contributed by atoms with van der Waals surface area (Å²) in [6, 6.07) is 8.13. The number of nitrogens with two attached hydrogens (primary N) is 1. The van der Waals surface area contributed by atoms with Gasteiger partial charge in [0.05, 0.1) is 10.6 Å². The van der Waals surface area contributed by atoms with Crippen LogP contribution in [0.4, 0.5) is 23.0 Å². The van der Waals surface area contributed by atoms with Crippen LogP contribution in [0.3, 0.4) is 0 Å². The van der Waals surface area contributed by atoms with E-state index in [4.69, 9.17) is 17.3 Å². The van der Waals surface area contributed by atoms with Crippen LogP contribution in [0.1, 0.15) is 0 Å². The van der Waals surface area contributed by atoms with Gasteiger partial charge in [-0.3, -0.25) is 10.1 Å². The molecule has 0 aliphatic rings. The molecule has 3 N–H and O–H groups in total. The number of nitrogens with one attached hydrogen (secondary N) is 1. The van der Waals surface area contributed by atoms with E-state index in [0.717, 1.165) is 9.26 Å². The predicted octanol–water partition coefficient (Wildman–Crippen LogP) is 3.57. The molecule has 1 aromatic heterocycles. The molecule has 1 aromatic carbocycles. The highest BCUT2D eigenvalue weighted by molar-refractivity contribution is 14.1. The highest BCUT2D eigenvalue weighted by Crippen LogP contribution is 2.27. The SMILES string of the molecule is Nc1nc(Nc2ccc(Cl)cc2I)ccc1[N+](=O)[O-]. The first kappa shape index (κ1) is 13.8. The number of hydrogen-bond acceptors (Lipinski definition) is 5. The molecule has 0 saturated heterocycles. The molecule has 0 unspecified atom stereocenters. The molecule has 0 spiro atoms. The number of anilines is 3. The van der Waals surface area contributed by atoms with Gasteiger partial charge >= 0.3 is 5.69 Å². The van der Waals surface area contributed by atoms with Gasteiger partial charge in [0.1, 0.15) is 5.82 Å². The number of nitrogens with zero attached hydrogens (tertiary/aromatic N) is 2. The minimum atomic E-state index is -0.571. The Morgan fingerprint density at radius 2 is 2.11 bits per heavy atom. The Morgan fingerprint density at radius 3 is 2.68 bits per heavy atom. The van der Waals surface area contributed by atoms with Crippen LogP contribution in [0, 0.1) is 13.7 Å². The number of aromatic nitrogens is 1. The van der Waals surface area contributed by atoms with Crippen LogP contribution in [0.5, 0.6) is 0 Å². The lowest BCUT2D eigenvalue weighted by Gasteiger charge is -2.08. The van der Waals surface area contributed by atoms with E-state index >= 15 is 0 Å². The zero-order valence-corrected chi connectivity index (χ0v) is 12.3. The lowest BCUT2D eigenvalue weighted by atomic mass is 10.3. The van der Waals surface area contributed by atoms with Gasteiger partial charge in [-0.1, -0.05) is 11.6 Å². The summed E-state index contributed by atoms with van der Waals surface area (Å²) >= 11 is 7.98. The lowest BCUT2D eigenvalue weighted by molar-refractivity contribution is -0.384. The minimum Gasteiger partial charge on any atom is -0.378 e. The molecule has 8 heteroatoms. The van der Waals surface area contributed by atoms with E-state index in [1.165, 1.54) is 12.1 Å². The standard InChI is InChI=1S/C11H8ClIN4O2/c12-6-1-2-8(7(13)5-6)15-10-4-3-9(17(18)19)11(14)16-10/h1-5H,(H3,14,15,16). The molecule has 0 saturated carbocycles. The van der Waals surface area contributed by atoms with Gasteiger partial charge in [-0.2, -0.15) is 0 Å². The van der Waals surface area contributed by atoms with Gasteiger partial charge < -0.3 is 11.1 Å². The number of hydrogen-bond donors (Lipinski definition) is 2. The van der Waals surface area contributed by atoms with Crippen molar-refractivity contribution >= 4 is 57.2 Å². The molecule has 0 aliphatic heterocycles. The largest absolute Gasteiger partial charge is 0.378 e. The number of halogens is 2. The quantitative estimate of drug-likeness (QED) is 0.475. The van der Waals surface area contributed by atoms with Gasteiger partial charge in [0, 0.05) is 14.7 Å². The molecule has 0 amide bonds. The summed E-state index contributed by atoms with van der Waals surface area (Å²) in [5.41, 5.74) is 6.11. The molecule has 1 heterocycles. The number of nitrogen functional groups attached to an aromatic ring is 1. The smallest absolute Gasteiger partial charge is 0.311 e. The van der Waals surface area contributed by atoms with Crippen LogP contribution in [-0.2, 0) is 0 Å². The van der Waals surface area contributed by atoms with Crippen LogP contribution < -0.4 is 11.1 Å². The first-order chi connectivity index (χ1) is 8.97. The monoisotopic (exact) mass is 390 g/mol. The number of rotatable bonds is 3. The van der Waals surface area contributed by atoms with Crippen molar-refractivity contribution in [1.82, 2.24) is 4.98 Å². The topological polar surface area (TPSA) is 94.1 Å². The molecule has 98 valence electrons. The normalized spacial score (nSPS) is 10.2. The average molecular weight is 391 g/mol. The Morgan fingerprint density at radius 1 is 1.37 bits per heavy atom. The third-order valence-corrected chi connectivity index (χ3v) is 3.42. The van der Waals surface area contributed by atoms with Gasteiger partial charge in [-0.05, 0) is 46.9 Å². The molecule has 6 nitrogen and oxygen atoms in total. The molecule has 0 atom stereocenters. The fourth-order valence-corrected chi connectivity index (χ4v) is 2.43. The maximum atomic E-state index is 10.6. The van der Waals surface area contributed by atoms with E-state index < -0.39 is 4.92 Å². The summed E-state index contributed by atoms with van der Waals surface area (Å²) in [5.74, 6) is 0.308. The molecule has 2 rings (SSSR count). The Bertz CT molecular complexity index is 651. The van der Waals surface area contributed by atoms with Crippen molar-refractivity contribution in [1.29, 1.82) is 0 Å². The summed E-state index contributed by atoms with van der Waals surface area (Å²) in [7, 11) is 0. The molecule has 0 bridgehead atoms. The molecular weight excluding hydrogens is 383 g/mol. The van der Waals surface area contributed by atoms with Crippen molar-refractivity contribution in [2.75, 3.05) is 11.1 Å². The first-order valence-corrected chi connectivity index (χ1v) is 6.56. The van der Waals surface area contributed by atoms with Crippen LogP contribution in [0.25, 0.3) is 0 Å². The Balaban J connectivity index is 2.29. The zero-order valence-electron chi connectivity index (χ0n) is 9.43. The Kier molecular flexibility index (Phi) is 4.05. The maximum absolute atomic E-state index is 10.6. The summed E-state index contributed by atoms with van der Waals surface area (Å²) in [5, 5.41) is 14.3. The van der Waals surface area contributed by atoms with Gasteiger partial charge in [-0.25, -0.2) is 4.98 Å². The third kappa shape index (κ3) is 3.24. The lowest BCUT2D eigenvalue weighted by Crippen LogP contribution is -2.02. The number of pyridine rings is 1. The summed E-state index contributed by atoms with van der Waals surface area (Å²) in [6.07, 6.45) is 0.